The van der Waals surface area contributed by atoms with Crippen molar-refractivity contribution in [2.75, 3.05) is 0 Å². The van der Waals surface area contributed by atoms with Crippen LogP contribution in [0.5, 0.6) is 0 Å². The Balaban J connectivity index is 1.90. The van der Waals surface area contributed by atoms with Gasteiger partial charge in [0, 0.05) is 5.41 Å². The van der Waals surface area contributed by atoms with E-state index in [9.17, 15) is 9.59 Å². The number of amides is 2. The van der Waals surface area contributed by atoms with Crippen LogP contribution in [0.3, 0.4) is 0 Å². The molecule has 0 saturated heterocycles. The summed E-state index contributed by atoms with van der Waals surface area (Å²) in [6.07, 6.45) is 6.64. The number of rotatable bonds is 4. The number of aromatic nitrogens is 1. The van der Waals surface area contributed by atoms with Crippen LogP contribution in [0.25, 0.3) is 0 Å². The van der Waals surface area contributed by atoms with Crippen molar-refractivity contribution in [3.05, 3.63) is 16.1 Å². The molecule has 3 N–H and O–H groups in total. The summed E-state index contributed by atoms with van der Waals surface area (Å²) in [4.78, 5) is 27.8. The van der Waals surface area contributed by atoms with E-state index in [1.54, 1.807) is 5.48 Å². The summed E-state index contributed by atoms with van der Waals surface area (Å²) in [5.74, 6) is -0.528. The highest BCUT2D eigenvalue weighted by atomic mass is 32.1. The number of carbonyl (C=O) groups excluding carboxylic acids is 2. The van der Waals surface area contributed by atoms with E-state index in [-0.39, 0.29) is 11.3 Å². The first kappa shape index (κ1) is 14.9. The monoisotopic (exact) mass is 297 g/mol. The molecule has 2 amide bonds. The van der Waals surface area contributed by atoms with E-state index in [4.69, 9.17) is 5.21 Å². The first-order valence-corrected chi connectivity index (χ1v) is 7.54. The number of nitrogens with one attached hydrogen (secondary N) is 2. The highest BCUT2D eigenvalue weighted by molar-refractivity contribution is 7.13. The molecular formula is C13H19N3O3S. The Morgan fingerprint density at radius 3 is 2.75 bits per heavy atom. The van der Waals surface area contributed by atoms with Gasteiger partial charge < -0.3 is 5.32 Å². The number of hydrogen-bond donors (Lipinski definition) is 3. The smallest absolute Gasteiger partial charge is 0.286 e. The zero-order chi connectivity index (χ0) is 14.6. The highest BCUT2D eigenvalue weighted by Gasteiger charge is 2.34. The molecule has 1 saturated carbocycles. The molecule has 20 heavy (non-hydrogen) atoms. The van der Waals surface area contributed by atoms with Gasteiger partial charge in [0.05, 0.1) is 12.7 Å². The van der Waals surface area contributed by atoms with Crippen molar-refractivity contribution in [1.29, 1.82) is 0 Å². The van der Waals surface area contributed by atoms with Gasteiger partial charge in [0.15, 0.2) is 0 Å². The van der Waals surface area contributed by atoms with E-state index in [1.807, 2.05) is 6.92 Å². The Labute approximate surface area is 121 Å². The summed E-state index contributed by atoms with van der Waals surface area (Å²) in [6, 6.07) is 0. The molecular weight excluding hydrogens is 278 g/mol. The van der Waals surface area contributed by atoms with E-state index in [0.717, 1.165) is 37.0 Å². The minimum absolute atomic E-state index is 0.0561. The Hall–Kier alpha value is -1.47. The van der Waals surface area contributed by atoms with Crippen molar-refractivity contribution in [2.45, 2.75) is 45.6 Å². The first-order chi connectivity index (χ1) is 9.55. The molecule has 0 spiro atoms. The molecule has 0 aromatic carbocycles. The number of carbonyl (C=O) groups is 2. The molecule has 1 aliphatic rings. The largest absolute Gasteiger partial charge is 0.349 e. The highest BCUT2D eigenvalue weighted by Crippen LogP contribution is 2.35. The molecule has 0 aliphatic heterocycles. The number of hydroxylamine groups is 1. The zero-order valence-corrected chi connectivity index (χ0v) is 12.3. The van der Waals surface area contributed by atoms with Crippen LogP contribution in [0.2, 0.25) is 0 Å². The maximum absolute atomic E-state index is 12.2. The van der Waals surface area contributed by atoms with Gasteiger partial charge in [0.2, 0.25) is 5.91 Å². The molecule has 1 aromatic heterocycles. The fraction of sp³-hybridized carbons (Fsp3) is 0.615. The molecule has 7 heteroatoms. The predicted octanol–water partition coefficient (Wildman–Crippen LogP) is 1.85. The van der Waals surface area contributed by atoms with Gasteiger partial charge in [-0.3, -0.25) is 14.8 Å². The molecule has 2 rings (SSSR count). The van der Waals surface area contributed by atoms with Gasteiger partial charge in [-0.2, -0.15) is 0 Å². The molecule has 0 radical (unpaired) electrons. The minimum Gasteiger partial charge on any atom is -0.349 e. The Bertz CT molecular complexity index is 495. The second-order valence-electron chi connectivity index (χ2n) is 5.36. The van der Waals surface area contributed by atoms with Gasteiger partial charge in [-0.1, -0.05) is 26.2 Å². The van der Waals surface area contributed by atoms with E-state index < -0.39 is 5.91 Å². The maximum atomic E-state index is 12.2. The lowest BCUT2D eigenvalue weighted by molar-refractivity contribution is -0.132. The molecule has 6 nitrogen and oxygen atoms in total. The fourth-order valence-electron chi connectivity index (χ4n) is 2.48. The molecule has 1 fully saturated rings. The van der Waals surface area contributed by atoms with E-state index >= 15 is 0 Å². The van der Waals surface area contributed by atoms with Crippen LogP contribution in [0.15, 0.2) is 6.20 Å². The molecule has 0 bridgehead atoms. The third kappa shape index (κ3) is 3.34. The Morgan fingerprint density at radius 1 is 1.40 bits per heavy atom. The van der Waals surface area contributed by atoms with Gasteiger partial charge in [-0.25, -0.2) is 10.5 Å². The lowest BCUT2D eigenvalue weighted by Gasteiger charge is -2.31. The fourth-order valence-corrected chi connectivity index (χ4v) is 3.23. The summed E-state index contributed by atoms with van der Waals surface area (Å²) in [6.45, 7) is 2.33. The van der Waals surface area contributed by atoms with Gasteiger partial charge in [-0.05, 0) is 12.8 Å². The van der Waals surface area contributed by atoms with Gasteiger partial charge in [-0.15, -0.1) is 11.3 Å². The number of hydrogen-bond acceptors (Lipinski definition) is 5. The lowest BCUT2D eigenvalue weighted by atomic mass is 9.75. The summed E-state index contributed by atoms with van der Waals surface area (Å²) in [5, 5.41) is 12.1. The van der Waals surface area contributed by atoms with E-state index in [2.05, 4.69) is 10.3 Å². The topological polar surface area (TPSA) is 91.3 Å². The Morgan fingerprint density at radius 2 is 2.10 bits per heavy atom. The van der Waals surface area contributed by atoms with Crippen LogP contribution in [0, 0.1) is 5.41 Å². The van der Waals surface area contributed by atoms with Crippen molar-refractivity contribution < 1.29 is 14.8 Å². The van der Waals surface area contributed by atoms with Crippen LogP contribution < -0.4 is 10.8 Å². The maximum Gasteiger partial charge on any atom is 0.286 e. The van der Waals surface area contributed by atoms with Gasteiger partial charge >= 0.3 is 0 Å². The average Bonchev–Trinajstić information content (AvgIpc) is 2.93. The molecule has 110 valence electrons. The van der Waals surface area contributed by atoms with E-state index in [1.165, 1.54) is 12.6 Å². The second kappa shape index (κ2) is 6.32. The average molecular weight is 297 g/mol. The molecule has 0 atom stereocenters. The zero-order valence-electron chi connectivity index (χ0n) is 11.4. The third-order valence-electron chi connectivity index (χ3n) is 3.78. The van der Waals surface area contributed by atoms with Crippen LogP contribution in [0.4, 0.5) is 0 Å². The minimum atomic E-state index is -0.584. The van der Waals surface area contributed by atoms with Crippen molar-refractivity contribution in [3.63, 3.8) is 0 Å². The number of nitrogens with zero attached hydrogens (tertiary/aromatic N) is 1. The van der Waals surface area contributed by atoms with Gasteiger partial charge in [0.1, 0.15) is 9.88 Å². The van der Waals surface area contributed by atoms with Crippen LogP contribution >= 0.6 is 11.3 Å². The second-order valence-corrected chi connectivity index (χ2v) is 6.48. The summed E-state index contributed by atoms with van der Waals surface area (Å²) < 4.78 is 0. The van der Waals surface area contributed by atoms with E-state index in [0.29, 0.717) is 16.4 Å². The molecule has 1 aliphatic carbocycles. The van der Waals surface area contributed by atoms with Crippen molar-refractivity contribution in [1.82, 2.24) is 15.8 Å². The summed E-state index contributed by atoms with van der Waals surface area (Å²) in [5.41, 5.74) is 1.28. The summed E-state index contributed by atoms with van der Waals surface area (Å²) >= 11 is 1.16. The normalized spacial score (nSPS) is 17.5. The van der Waals surface area contributed by atoms with Gasteiger partial charge in [0.25, 0.3) is 5.91 Å². The van der Waals surface area contributed by atoms with Crippen LogP contribution in [-0.2, 0) is 11.3 Å². The standard InChI is InChI=1S/C13H19N3O3S/c1-13(5-3-2-4-6-13)12(18)15-8-10-14-7-9(20-10)11(17)16-19/h7,19H,2-6,8H2,1H3,(H,15,18)(H,16,17). The van der Waals surface area contributed by atoms with Crippen LogP contribution in [0.1, 0.15) is 53.7 Å². The summed E-state index contributed by atoms with van der Waals surface area (Å²) in [7, 11) is 0. The predicted molar refractivity (Wildman–Crippen MR) is 74.4 cm³/mol. The van der Waals surface area contributed by atoms with Crippen LogP contribution in [-0.4, -0.2) is 22.0 Å². The Kier molecular flexibility index (Phi) is 4.72. The first-order valence-electron chi connectivity index (χ1n) is 6.72. The number of thiazole rings is 1. The van der Waals surface area contributed by atoms with Crippen molar-refractivity contribution >= 4 is 23.2 Å². The third-order valence-corrected chi connectivity index (χ3v) is 4.78. The van der Waals surface area contributed by atoms with Crippen molar-refractivity contribution in [2.24, 2.45) is 5.41 Å². The SMILES string of the molecule is CC1(C(=O)NCc2ncc(C(=O)NO)s2)CCCCC1. The van der Waals surface area contributed by atoms with Crippen molar-refractivity contribution in [3.8, 4) is 0 Å². The molecule has 1 aromatic rings. The quantitative estimate of drug-likeness (QED) is 0.584. The molecule has 1 heterocycles. The molecule has 0 unspecified atom stereocenters. The lowest BCUT2D eigenvalue weighted by Crippen LogP contribution is -2.39.